The van der Waals surface area contributed by atoms with Crippen LogP contribution in [0.5, 0.6) is 0 Å². The quantitative estimate of drug-likeness (QED) is 0.488. The SMILES string of the molecule is CC(C)(C)S(=O)Nc1c(Nc2ccc([N+](=O)[O-])cc2)c(=O)c1=O. The molecule has 0 spiro atoms. The predicted octanol–water partition coefficient (Wildman–Crippen LogP) is 1.81. The summed E-state index contributed by atoms with van der Waals surface area (Å²) in [7, 11) is -1.55. The van der Waals surface area contributed by atoms with Crippen molar-refractivity contribution in [3.8, 4) is 0 Å². The Morgan fingerprint density at radius 1 is 1.04 bits per heavy atom. The van der Waals surface area contributed by atoms with E-state index in [9.17, 15) is 23.9 Å². The second-order valence-electron chi connectivity index (χ2n) is 5.82. The topological polar surface area (TPSA) is 118 Å². The zero-order chi connectivity index (χ0) is 17.4. The van der Waals surface area contributed by atoms with Crippen molar-refractivity contribution in [2.24, 2.45) is 0 Å². The number of non-ortho nitro benzene ring substituents is 1. The number of rotatable bonds is 5. The van der Waals surface area contributed by atoms with Crippen LogP contribution in [0.1, 0.15) is 20.8 Å². The average molecular weight is 337 g/mol. The van der Waals surface area contributed by atoms with E-state index < -0.39 is 31.5 Å². The summed E-state index contributed by atoms with van der Waals surface area (Å²) in [6, 6.07) is 5.38. The molecule has 23 heavy (non-hydrogen) atoms. The Morgan fingerprint density at radius 3 is 2.04 bits per heavy atom. The largest absolute Gasteiger partial charge is 0.350 e. The molecule has 2 aromatic carbocycles. The molecule has 2 aromatic rings. The summed E-state index contributed by atoms with van der Waals surface area (Å²) in [5.74, 6) is 0. The number of nitrogens with zero attached hydrogens (tertiary/aromatic N) is 1. The maximum Gasteiger partial charge on any atom is 0.269 e. The maximum absolute atomic E-state index is 12.0. The van der Waals surface area contributed by atoms with Crippen molar-refractivity contribution in [1.82, 2.24) is 0 Å². The molecule has 0 aliphatic heterocycles. The standard InChI is InChI=1S/C14H15N3O5S/c1-14(2,3)23(22)16-11-10(12(18)13(11)19)15-8-4-6-9(7-5-8)17(20)21/h4-7,15-16H,1-3H3. The third-order valence-corrected chi connectivity index (χ3v) is 4.51. The van der Waals surface area contributed by atoms with Gasteiger partial charge in [-0.05, 0) is 32.9 Å². The lowest BCUT2D eigenvalue weighted by Crippen LogP contribution is -2.39. The van der Waals surface area contributed by atoms with Crippen LogP contribution >= 0.6 is 0 Å². The van der Waals surface area contributed by atoms with E-state index in [0.29, 0.717) is 5.69 Å². The highest BCUT2D eigenvalue weighted by atomic mass is 32.2. The second kappa shape index (κ2) is 5.92. The first-order chi connectivity index (χ1) is 10.6. The smallest absolute Gasteiger partial charge is 0.269 e. The van der Waals surface area contributed by atoms with Crippen LogP contribution in [0.15, 0.2) is 33.9 Å². The van der Waals surface area contributed by atoms with E-state index in [2.05, 4.69) is 10.0 Å². The number of hydrogen-bond acceptors (Lipinski definition) is 6. The normalized spacial score (nSPS) is 12.8. The van der Waals surface area contributed by atoms with Gasteiger partial charge in [0.1, 0.15) is 22.4 Å². The molecule has 9 heteroatoms. The highest BCUT2D eigenvalue weighted by Gasteiger charge is 2.27. The summed E-state index contributed by atoms with van der Waals surface area (Å²) in [5.41, 5.74) is -1.19. The van der Waals surface area contributed by atoms with Gasteiger partial charge >= 0.3 is 0 Å². The van der Waals surface area contributed by atoms with Crippen molar-refractivity contribution in [2.45, 2.75) is 25.5 Å². The van der Waals surface area contributed by atoms with Gasteiger partial charge in [-0.15, -0.1) is 0 Å². The minimum atomic E-state index is -1.55. The molecular formula is C14H15N3O5S. The maximum atomic E-state index is 12.0. The molecular weight excluding hydrogens is 322 g/mol. The fourth-order valence-electron chi connectivity index (χ4n) is 1.66. The van der Waals surface area contributed by atoms with Gasteiger partial charge in [0.2, 0.25) is 0 Å². The van der Waals surface area contributed by atoms with Gasteiger partial charge in [-0.25, -0.2) is 4.21 Å². The lowest BCUT2D eigenvalue weighted by molar-refractivity contribution is -0.384. The Bertz CT molecular complexity index is 845. The number of nitro benzene ring substituents is 1. The van der Waals surface area contributed by atoms with Gasteiger partial charge < -0.3 is 5.32 Å². The van der Waals surface area contributed by atoms with Gasteiger partial charge in [0.15, 0.2) is 0 Å². The minimum absolute atomic E-state index is 0.00135. The first-order valence-corrected chi connectivity index (χ1v) is 7.79. The molecule has 0 aliphatic rings. The molecule has 2 rings (SSSR count). The molecule has 2 N–H and O–H groups in total. The molecule has 0 bridgehead atoms. The van der Waals surface area contributed by atoms with Gasteiger partial charge in [-0.1, -0.05) is 0 Å². The molecule has 122 valence electrons. The van der Waals surface area contributed by atoms with Crippen molar-refractivity contribution in [3.05, 3.63) is 54.8 Å². The van der Waals surface area contributed by atoms with Gasteiger partial charge in [0.05, 0.1) is 9.67 Å². The zero-order valence-corrected chi connectivity index (χ0v) is 13.5. The molecule has 0 aliphatic carbocycles. The lowest BCUT2D eigenvalue weighted by atomic mass is 10.2. The highest BCUT2D eigenvalue weighted by Crippen LogP contribution is 2.24. The van der Waals surface area contributed by atoms with Crippen LogP contribution in [0.4, 0.5) is 22.7 Å². The van der Waals surface area contributed by atoms with E-state index in [1.54, 1.807) is 20.8 Å². The van der Waals surface area contributed by atoms with Crippen molar-refractivity contribution in [1.29, 1.82) is 0 Å². The van der Waals surface area contributed by atoms with E-state index in [-0.39, 0.29) is 17.1 Å². The van der Waals surface area contributed by atoms with Crippen molar-refractivity contribution < 1.29 is 9.13 Å². The molecule has 0 saturated carbocycles. The molecule has 0 amide bonds. The van der Waals surface area contributed by atoms with Crippen molar-refractivity contribution in [2.75, 3.05) is 10.0 Å². The number of anilines is 3. The molecule has 0 heterocycles. The Morgan fingerprint density at radius 2 is 1.57 bits per heavy atom. The summed E-state index contributed by atoms with van der Waals surface area (Å²) in [4.78, 5) is 33.4. The number of nitro groups is 1. The van der Waals surface area contributed by atoms with Crippen LogP contribution in [-0.4, -0.2) is 13.9 Å². The predicted molar refractivity (Wildman–Crippen MR) is 89.3 cm³/mol. The van der Waals surface area contributed by atoms with Gasteiger partial charge in [0, 0.05) is 17.8 Å². The summed E-state index contributed by atoms with van der Waals surface area (Å²) in [5, 5.41) is 13.3. The van der Waals surface area contributed by atoms with Gasteiger partial charge in [-0.2, -0.15) is 0 Å². The van der Waals surface area contributed by atoms with Crippen LogP contribution < -0.4 is 20.9 Å². The highest BCUT2D eigenvalue weighted by molar-refractivity contribution is 7.87. The van der Waals surface area contributed by atoms with E-state index >= 15 is 0 Å². The van der Waals surface area contributed by atoms with E-state index in [4.69, 9.17) is 0 Å². The number of hydrogen-bond donors (Lipinski definition) is 2. The third-order valence-electron chi connectivity index (χ3n) is 3.01. The summed E-state index contributed by atoms with van der Waals surface area (Å²) in [6.07, 6.45) is 0. The van der Waals surface area contributed by atoms with Crippen LogP contribution in [0, 0.1) is 10.1 Å². The van der Waals surface area contributed by atoms with Crippen LogP contribution in [0.3, 0.4) is 0 Å². The van der Waals surface area contributed by atoms with Gasteiger partial charge in [-0.3, -0.25) is 24.4 Å². The van der Waals surface area contributed by atoms with E-state index in [1.807, 2.05) is 0 Å². The Labute approximate surface area is 134 Å². The number of nitrogens with one attached hydrogen (secondary N) is 2. The molecule has 0 radical (unpaired) electrons. The molecule has 1 unspecified atom stereocenters. The molecule has 0 fully saturated rings. The first kappa shape index (κ1) is 16.8. The average Bonchev–Trinajstić information content (AvgIpc) is 2.49. The van der Waals surface area contributed by atoms with Crippen LogP contribution in [-0.2, 0) is 11.0 Å². The fraction of sp³-hybridized carbons (Fsp3) is 0.286. The Hall–Kier alpha value is -2.55. The molecule has 8 nitrogen and oxygen atoms in total. The first-order valence-electron chi connectivity index (χ1n) is 6.64. The summed E-state index contributed by atoms with van der Waals surface area (Å²) < 4.78 is 14.0. The van der Waals surface area contributed by atoms with E-state index in [1.165, 1.54) is 24.3 Å². The number of benzene rings is 1. The van der Waals surface area contributed by atoms with Crippen molar-refractivity contribution >= 4 is 33.7 Å². The second-order valence-corrected chi connectivity index (χ2v) is 7.79. The Balaban J connectivity index is 2.23. The molecule has 1 atom stereocenters. The monoisotopic (exact) mass is 337 g/mol. The lowest BCUT2D eigenvalue weighted by Gasteiger charge is -2.21. The Kier molecular flexibility index (Phi) is 4.33. The van der Waals surface area contributed by atoms with Crippen LogP contribution in [0.2, 0.25) is 0 Å². The summed E-state index contributed by atoms with van der Waals surface area (Å²) >= 11 is 0. The fourth-order valence-corrected chi connectivity index (χ4v) is 2.35. The van der Waals surface area contributed by atoms with Crippen LogP contribution in [0.25, 0.3) is 0 Å². The molecule has 0 saturated heterocycles. The van der Waals surface area contributed by atoms with Gasteiger partial charge in [0.25, 0.3) is 16.5 Å². The van der Waals surface area contributed by atoms with E-state index in [0.717, 1.165) is 0 Å². The minimum Gasteiger partial charge on any atom is -0.350 e. The third kappa shape index (κ3) is 3.45. The molecule has 0 aromatic heterocycles. The van der Waals surface area contributed by atoms with Crippen molar-refractivity contribution in [3.63, 3.8) is 0 Å². The summed E-state index contributed by atoms with van der Waals surface area (Å²) in [6.45, 7) is 5.18. The zero-order valence-electron chi connectivity index (χ0n) is 12.7.